The molecule has 4 amide bonds. The van der Waals surface area contributed by atoms with Gasteiger partial charge in [-0.25, -0.2) is 9.78 Å². The maximum atomic E-state index is 12.4. The highest BCUT2D eigenvalue weighted by Crippen LogP contribution is 2.18. The molecular weight excluding hydrogens is 484 g/mol. The number of urea groups is 1. The van der Waals surface area contributed by atoms with E-state index in [4.69, 9.17) is 5.73 Å². The van der Waals surface area contributed by atoms with Crippen molar-refractivity contribution in [3.8, 4) is 0 Å². The highest BCUT2D eigenvalue weighted by molar-refractivity contribution is 7.14. The quantitative estimate of drug-likeness (QED) is 0.228. The van der Waals surface area contributed by atoms with Crippen molar-refractivity contribution in [3.63, 3.8) is 0 Å². The predicted molar refractivity (Wildman–Crippen MR) is 134 cm³/mol. The molecule has 3 rings (SSSR count). The van der Waals surface area contributed by atoms with Crippen LogP contribution in [0.25, 0.3) is 0 Å². The Morgan fingerprint density at radius 1 is 0.972 bits per heavy atom. The zero-order valence-electron chi connectivity index (χ0n) is 19.2. The number of carboxylic acids is 1. The zero-order chi connectivity index (χ0) is 25.9. The maximum absolute atomic E-state index is 12.4. The summed E-state index contributed by atoms with van der Waals surface area (Å²) in [5, 5.41) is 21.2. The van der Waals surface area contributed by atoms with Crippen molar-refractivity contribution in [2.45, 2.75) is 25.6 Å². The van der Waals surface area contributed by atoms with Crippen LogP contribution in [0.2, 0.25) is 0 Å². The first kappa shape index (κ1) is 26.3. The van der Waals surface area contributed by atoms with Crippen LogP contribution >= 0.6 is 11.3 Å². The lowest BCUT2D eigenvalue weighted by atomic mass is 10.0. The van der Waals surface area contributed by atoms with E-state index in [0.29, 0.717) is 18.7 Å². The lowest BCUT2D eigenvalue weighted by Crippen LogP contribution is -2.39. The standard InChI is InChI=1S/C24H26N6O5S/c25-11-15-6-8-17(9-7-15)18(10-21(32)33)28-20(31)13-26-22(34)19-14-36-24(29-19)30-23(35)27-12-16-4-2-1-3-5-16/h1-9,14,18H,10-13,25H2,(H,26,34)(H,28,31)(H,32,33)(H2,27,29,30,35). The van der Waals surface area contributed by atoms with Crippen molar-refractivity contribution in [2.75, 3.05) is 11.9 Å². The largest absolute Gasteiger partial charge is 0.481 e. The van der Waals surface area contributed by atoms with Crippen molar-refractivity contribution in [3.05, 3.63) is 82.4 Å². The Kier molecular flexibility index (Phi) is 9.48. The molecule has 1 unspecified atom stereocenters. The number of aromatic nitrogens is 1. The molecule has 2 aromatic carbocycles. The second-order valence-electron chi connectivity index (χ2n) is 7.68. The monoisotopic (exact) mass is 510 g/mol. The van der Waals surface area contributed by atoms with Gasteiger partial charge in [0.25, 0.3) is 5.91 Å². The molecule has 0 saturated carbocycles. The van der Waals surface area contributed by atoms with Gasteiger partial charge >= 0.3 is 12.0 Å². The molecule has 188 valence electrons. The fourth-order valence-electron chi connectivity index (χ4n) is 3.16. The number of carbonyl (C=O) groups excluding carboxylic acids is 3. The number of hydrogen-bond acceptors (Lipinski definition) is 7. The lowest BCUT2D eigenvalue weighted by Gasteiger charge is -2.18. The van der Waals surface area contributed by atoms with E-state index >= 15 is 0 Å². The Bertz CT molecular complexity index is 1200. The molecule has 0 bridgehead atoms. The Morgan fingerprint density at radius 2 is 1.69 bits per heavy atom. The minimum absolute atomic E-state index is 0.0330. The number of rotatable bonds is 11. The number of thiazole rings is 1. The molecule has 1 heterocycles. The Morgan fingerprint density at radius 3 is 2.36 bits per heavy atom. The molecule has 0 radical (unpaired) electrons. The topological polar surface area (TPSA) is 176 Å². The lowest BCUT2D eigenvalue weighted by molar-refractivity contribution is -0.137. The third-order valence-electron chi connectivity index (χ3n) is 4.99. The average molecular weight is 511 g/mol. The summed E-state index contributed by atoms with van der Waals surface area (Å²) >= 11 is 1.06. The maximum Gasteiger partial charge on any atom is 0.321 e. The van der Waals surface area contributed by atoms with Crippen molar-refractivity contribution in [1.29, 1.82) is 0 Å². The number of nitrogens with two attached hydrogens (primary N) is 1. The van der Waals surface area contributed by atoms with E-state index in [2.05, 4.69) is 26.3 Å². The highest BCUT2D eigenvalue weighted by Gasteiger charge is 2.19. The molecule has 12 heteroatoms. The van der Waals surface area contributed by atoms with Gasteiger partial charge in [-0.2, -0.15) is 0 Å². The van der Waals surface area contributed by atoms with Crippen LogP contribution in [0.3, 0.4) is 0 Å². The van der Waals surface area contributed by atoms with Crippen LogP contribution in [0.4, 0.5) is 9.93 Å². The van der Waals surface area contributed by atoms with Crippen LogP contribution in [0.5, 0.6) is 0 Å². The first-order valence-electron chi connectivity index (χ1n) is 11.0. The number of benzene rings is 2. The molecule has 0 aliphatic heterocycles. The third-order valence-corrected chi connectivity index (χ3v) is 5.75. The fourth-order valence-corrected chi connectivity index (χ4v) is 3.85. The molecule has 0 saturated heterocycles. The molecule has 7 N–H and O–H groups in total. The van der Waals surface area contributed by atoms with Crippen LogP contribution in [0.1, 0.15) is 39.6 Å². The van der Waals surface area contributed by atoms with Crippen LogP contribution in [-0.4, -0.2) is 40.5 Å². The van der Waals surface area contributed by atoms with Crippen LogP contribution in [0, 0.1) is 0 Å². The van der Waals surface area contributed by atoms with E-state index < -0.39 is 29.9 Å². The van der Waals surface area contributed by atoms with E-state index in [-0.39, 0.29) is 23.8 Å². The zero-order valence-corrected chi connectivity index (χ0v) is 20.0. The molecule has 0 aliphatic carbocycles. The Hall–Kier alpha value is -4.29. The van der Waals surface area contributed by atoms with Crippen molar-refractivity contribution >= 4 is 40.3 Å². The summed E-state index contributed by atoms with van der Waals surface area (Å²) < 4.78 is 0. The fraction of sp³-hybridized carbons (Fsp3) is 0.208. The Labute approximate surface area is 211 Å². The SMILES string of the molecule is NCc1ccc(C(CC(=O)O)NC(=O)CNC(=O)c2csc(NC(=O)NCc3ccccc3)n2)cc1. The minimum atomic E-state index is -1.08. The van der Waals surface area contributed by atoms with E-state index in [1.54, 1.807) is 24.3 Å². The average Bonchev–Trinajstić information content (AvgIpc) is 3.34. The summed E-state index contributed by atoms with van der Waals surface area (Å²) in [6, 6.07) is 15.1. The van der Waals surface area contributed by atoms with Gasteiger partial charge in [0.2, 0.25) is 5.91 Å². The second-order valence-corrected chi connectivity index (χ2v) is 8.54. The summed E-state index contributed by atoms with van der Waals surface area (Å²) in [5.41, 5.74) is 8.03. The molecular formula is C24H26N6O5S. The molecule has 3 aromatic rings. The molecule has 1 aromatic heterocycles. The molecule has 0 spiro atoms. The van der Waals surface area contributed by atoms with Gasteiger partial charge in [0.1, 0.15) is 5.69 Å². The van der Waals surface area contributed by atoms with Crippen molar-refractivity contribution in [2.24, 2.45) is 5.73 Å². The number of carbonyl (C=O) groups is 4. The van der Waals surface area contributed by atoms with Gasteiger partial charge in [0.15, 0.2) is 5.13 Å². The number of nitrogens with one attached hydrogen (secondary N) is 4. The van der Waals surface area contributed by atoms with Gasteiger partial charge < -0.3 is 26.8 Å². The molecule has 0 fully saturated rings. The summed E-state index contributed by atoms with van der Waals surface area (Å²) in [6.45, 7) is 0.294. The third kappa shape index (κ3) is 8.18. The second kappa shape index (κ2) is 13.0. The van der Waals surface area contributed by atoms with Gasteiger partial charge in [0.05, 0.1) is 19.0 Å². The number of carboxylic acid groups (broad SMARTS) is 1. The minimum Gasteiger partial charge on any atom is -0.481 e. The first-order valence-corrected chi connectivity index (χ1v) is 11.8. The van der Waals surface area contributed by atoms with Gasteiger partial charge in [0, 0.05) is 18.5 Å². The predicted octanol–water partition coefficient (Wildman–Crippen LogP) is 1.99. The molecule has 11 nitrogen and oxygen atoms in total. The summed E-state index contributed by atoms with van der Waals surface area (Å²) in [6.07, 6.45) is -0.324. The van der Waals surface area contributed by atoms with Gasteiger partial charge in [-0.05, 0) is 16.7 Å². The van der Waals surface area contributed by atoms with Crippen LogP contribution < -0.4 is 27.0 Å². The van der Waals surface area contributed by atoms with E-state index in [1.807, 2.05) is 30.3 Å². The van der Waals surface area contributed by atoms with Gasteiger partial charge in [-0.15, -0.1) is 11.3 Å². The van der Waals surface area contributed by atoms with Crippen LogP contribution in [0.15, 0.2) is 60.0 Å². The highest BCUT2D eigenvalue weighted by atomic mass is 32.1. The number of aliphatic carboxylic acids is 1. The normalized spacial score (nSPS) is 11.2. The molecule has 0 aliphatic rings. The number of nitrogens with zero attached hydrogens (tertiary/aromatic N) is 1. The van der Waals surface area contributed by atoms with E-state index in [9.17, 15) is 24.3 Å². The van der Waals surface area contributed by atoms with E-state index in [0.717, 1.165) is 22.5 Å². The first-order chi connectivity index (χ1) is 17.3. The molecule has 1 atom stereocenters. The number of hydrogen-bond donors (Lipinski definition) is 6. The van der Waals surface area contributed by atoms with Crippen molar-refractivity contribution < 1.29 is 24.3 Å². The number of anilines is 1. The summed E-state index contributed by atoms with van der Waals surface area (Å²) in [5.74, 6) is -2.25. The summed E-state index contributed by atoms with van der Waals surface area (Å²) in [4.78, 5) is 52.1. The van der Waals surface area contributed by atoms with Gasteiger partial charge in [-0.3, -0.25) is 19.7 Å². The van der Waals surface area contributed by atoms with Crippen molar-refractivity contribution in [1.82, 2.24) is 20.9 Å². The smallest absolute Gasteiger partial charge is 0.321 e. The van der Waals surface area contributed by atoms with Gasteiger partial charge in [-0.1, -0.05) is 54.6 Å². The number of amides is 4. The summed E-state index contributed by atoms with van der Waals surface area (Å²) in [7, 11) is 0. The van der Waals surface area contributed by atoms with Crippen LogP contribution in [-0.2, 0) is 22.7 Å². The Balaban J connectivity index is 1.48. The van der Waals surface area contributed by atoms with E-state index in [1.165, 1.54) is 5.38 Å². The molecule has 36 heavy (non-hydrogen) atoms.